The van der Waals surface area contributed by atoms with Crippen molar-refractivity contribution in [3.63, 3.8) is 0 Å². The van der Waals surface area contributed by atoms with E-state index in [1.165, 1.54) is 0 Å². The number of likely N-dealkylation sites (tertiary alicyclic amines) is 1. The molecule has 2 heterocycles. The first kappa shape index (κ1) is 19.4. The first-order chi connectivity index (χ1) is 11.7. The van der Waals surface area contributed by atoms with Gasteiger partial charge >= 0.3 is 0 Å². The number of rotatable bonds is 8. The van der Waals surface area contributed by atoms with E-state index in [0.29, 0.717) is 5.91 Å². The van der Waals surface area contributed by atoms with Gasteiger partial charge in [-0.1, -0.05) is 0 Å². The topological polar surface area (TPSA) is 66.0 Å². The fourth-order valence-electron chi connectivity index (χ4n) is 3.15. The minimum Gasteiger partial charge on any atom is -0.381 e. The van der Waals surface area contributed by atoms with Gasteiger partial charge in [0.15, 0.2) is 5.96 Å². The van der Waals surface area contributed by atoms with Crippen molar-refractivity contribution in [1.29, 1.82) is 0 Å². The van der Waals surface area contributed by atoms with Crippen LogP contribution < -0.4 is 10.6 Å². The van der Waals surface area contributed by atoms with Crippen molar-refractivity contribution in [2.45, 2.75) is 43.8 Å². The summed E-state index contributed by atoms with van der Waals surface area (Å²) < 4.78 is 5.70. The third kappa shape index (κ3) is 5.84. The standard InChI is InChI=1S/C17H32N4O2S/c1-3-18-16(19-9-5-11-21-10-4-6-15(21)22)20-14-17(24-2)7-12-23-13-8-17/h3-14H2,1-2H3,(H2,18,19,20). The van der Waals surface area contributed by atoms with Gasteiger partial charge in [0.2, 0.25) is 5.91 Å². The van der Waals surface area contributed by atoms with Crippen LogP contribution in [0.1, 0.15) is 39.0 Å². The Hall–Kier alpha value is -0.950. The number of thioether (sulfide) groups is 1. The van der Waals surface area contributed by atoms with Crippen molar-refractivity contribution in [3.8, 4) is 0 Å². The van der Waals surface area contributed by atoms with Gasteiger partial charge in [-0.3, -0.25) is 9.79 Å². The molecule has 6 nitrogen and oxygen atoms in total. The van der Waals surface area contributed by atoms with Crippen LogP contribution in [0.5, 0.6) is 0 Å². The van der Waals surface area contributed by atoms with Gasteiger partial charge in [-0.2, -0.15) is 11.8 Å². The fraction of sp³-hybridized carbons (Fsp3) is 0.882. The van der Waals surface area contributed by atoms with Crippen LogP contribution in [0.15, 0.2) is 4.99 Å². The number of guanidine groups is 1. The van der Waals surface area contributed by atoms with E-state index in [0.717, 1.165) is 84.0 Å². The van der Waals surface area contributed by atoms with Crippen LogP contribution in [0.3, 0.4) is 0 Å². The molecule has 2 saturated heterocycles. The molecule has 0 radical (unpaired) electrons. The number of hydrogen-bond donors (Lipinski definition) is 2. The highest BCUT2D eigenvalue weighted by atomic mass is 32.2. The summed E-state index contributed by atoms with van der Waals surface area (Å²) in [6.07, 6.45) is 6.99. The summed E-state index contributed by atoms with van der Waals surface area (Å²) in [4.78, 5) is 18.4. The molecule has 0 atom stereocenters. The van der Waals surface area contributed by atoms with Gasteiger partial charge in [0.25, 0.3) is 0 Å². The zero-order chi connectivity index (χ0) is 17.3. The van der Waals surface area contributed by atoms with E-state index in [1.807, 2.05) is 16.7 Å². The average Bonchev–Trinajstić information content (AvgIpc) is 3.02. The Balaban J connectivity index is 1.76. The Kier molecular flexibility index (Phi) is 8.18. The summed E-state index contributed by atoms with van der Waals surface area (Å²) in [5.74, 6) is 1.18. The first-order valence-electron chi connectivity index (χ1n) is 9.12. The van der Waals surface area contributed by atoms with Crippen LogP contribution in [0.2, 0.25) is 0 Å². The third-order valence-electron chi connectivity index (χ3n) is 4.78. The molecule has 2 rings (SSSR count). The molecule has 0 spiro atoms. The van der Waals surface area contributed by atoms with Crippen LogP contribution in [0.25, 0.3) is 0 Å². The Morgan fingerprint density at radius 2 is 2.17 bits per heavy atom. The van der Waals surface area contributed by atoms with E-state index in [4.69, 9.17) is 9.73 Å². The first-order valence-corrected chi connectivity index (χ1v) is 10.3. The van der Waals surface area contributed by atoms with E-state index in [1.54, 1.807) is 0 Å². The maximum atomic E-state index is 11.6. The predicted molar refractivity (Wildman–Crippen MR) is 101 cm³/mol. The number of ether oxygens (including phenoxy) is 1. The lowest BCUT2D eigenvalue weighted by atomic mass is 9.99. The second-order valence-electron chi connectivity index (χ2n) is 6.46. The quantitative estimate of drug-likeness (QED) is 0.392. The predicted octanol–water partition coefficient (Wildman–Crippen LogP) is 1.47. The minimum atomic E-state index is 0.211. The van der Waals surface area contributed by atoms with E-state index in [2.05, 4.69) is 23.8 Å². The highest BCUT2D eigenvalue weighted by Crippen LogP contribution is 2.33. The molecule has 0 aromatic rings. The molecular weight excluding hydrogens is 324 g/mol. The van der Waals surface area contributed by atoms with E-state index in [-0.39, 0.29) is 4.75 Å². The van der Waals surface area contributed by atoms with Crippen molar-refractivity contribution in [1.82, 2.24) is 15.5 Å². The van der Waals surface area contributed by atoms with Crippen LogP contribution in [0.4, 0.5) is 0 Å². The highest BCUT2D eigenvalue weighted by Gasteiger charge is 2.31. The molecule has 2 N–H and O–H groups in total. The average molecular weight is 357 g/mol. The molecule has 2 aliphatic rings. The van der Waals surface area contributed by atoms with Gasteiger partial charge in [0, 0.05) is 50.6 Å². The van der Waals surface area contributed by atoms with Gasteiger partial charge < -0.3 is 20.3 Å². The molecule has 1 amide bonds. The second-order valence-corrected chi connectivity index (χ2v) is 7.73. The summed E-state index contributed by atoms with van der Waals surface area (Å²) in [7, 11) is 0. The van der Waals surface area contributed by atoms with Gasteiger partial charge in [0.1, 0.15) is 0 Å². The van der Waals surface area contributed by atoms with E-state index >= 15 is 0 Å². The van der Waals surface area contributed by atoms with Crippen molar-refractivity contribution in [3.05, 3.63) is 0 Å². The molecule has 7 heteroatoms. The molecule has 0 aromatic carbocycles. The van der Waals surface area contributed by atoms with Crippen LogP contribution in [-0.2, 0) is 9.53 Å². The number of amides is 1. The van der Waals surface area contributed by atoms with Gasteiger partial charge in [-0.15, -0.1) is 0 Å². The maximum Gasteiger partial charge on any atom is 0.222 e. The SMILES string of the molecule is CCNC(=NCC1(SC)CCOCC1)NCCCN1CCCC1=O. The molecule has 24 heavy (non-hydrogen) atoms. The highest BCUT2D eigenvalue weighted by molar-refractivity contribution is 8.00. The molecule has 0 aromatic heterocycles. The largest absolute Gasteiger partial charge is 0.381 e. The molecule has 0 saturated carbocycles. The van der Waals surface area contributed by atoms with E-state index in [9.17, 15) is 4.79 Å². The Labute approximate surface area is 150 Å². The molecule has 0 bridgehead atoms. The Bertz CT molecular complexity index is 425. The van der Waals surface area contributed by atoms with Crippen molar-refractivity contribution in [2.24, 2.45) is 4.99 Å². The summed E-state index contributed by atoms with van der Waals surface area (Å²) in [6.45, 7) is 8.03. The lowest BCUT2D eigenvalue weighted by Gasteiger charge is -2.34. The molecule has 2 aliphatic heterocycles. The Morgan fingerprint density at radius 3 is 2.79 bits per heavy atom. The smallest absolute Gasteiger partial charge is 0.222 e. The Morgan fingerprint density at radius 1 is 1.38 bits per heavy atom. The van der Waals surface area contributed by atoms with Crippen molar-refractivity contribution >= 4 is 23.6 Å². The number of nitrogens with zero attached hydrogens (tertiary/aromatic N) is 2. The van der Waals surface area contributed by atoms with Crippen molar-refractivity contribution in [2.75, 3.05) is 52.2 Å². The monoisotopic (exact) mass is 356 g/mol. The summed E-state index contributed by atoms with van der Waals surface area (Å²) >= 11 is 1.91. The molecule has 2 fully saturated rings. The van der Waals surface area contributed by atoms with Gasteiger partial charge in [-0.05, 0) is 38.9 Å². The maximum absolute atomic E-state index is 11.6. The summed E-state index contributed by atoms with van der Waals surface area (Å²) in [6, 6.07) is 0. The van der Waals surface area contributed by atoms with Crippen molar-refractivity contribution < 1.29 is 9.53 Å². The normalized spacial score (nSPS) is 21.2. The fourth-order valence-corrected chi connectivity index (χ4v) is 3.92. The molecule has 0 unspecified atom stereocenters. The minimum absolute atomic E-state index is 0.211. The zero-order valence-corrected chi connectivity index (χ0v) is 15.9. The van der Waals surface area contributed by atoms with E-state index < -0.39 is 0 Å². The van der Waals surface area contributed by atoms with Gasteiger partial charge in [0.05, 0.1) is 6.54 Å². The van der Waals surface area contributed by atoms with Gasteiger partial charge in [-0.25, -0.2) is 0 Å². The number of hydrogen-bond acceptors (Lipinski definition) is 4. The van der Waals surface area contributed by atoms with Crippen LogP contribution in [0, 0.1) is 0 Å². The lowest BCUT2D eigenvalue weighted by Crippen LogP contribution is -2.41. The van der Waals surface area contributed by atoms with Crippen LogP contribution in [-0.4, -0.2) is 73.7 Å². The molecule has 138 valence electrons. The number of carbonyl (C=O) groups is 1. The second kappa shape index (κ2) is 10.1. The summed E-state index contributed by atoms with van der Waals surface area (Å²) in [5.41, 5.74) is 0. The molecular formula is C17H32N4O2S. The third-order valence-corrected chi connectivity index (χ3v) is 6.18. The molecule has 0 aliphatic carbocycles. The number of carbonyl (C=O) groups excluding carboxylic acids is 1. The summed E-state index contributed by atoms with van der Waals surface area (Å²) in [5, 5.41) is 6.72. The number of nitrogens with one attached hydrogen (secondary N) is 2. The van der Waals surface area contributed by atoms with Crippen LogP contribution >= 0.6 is 11.8 Å². The number of aliphatic imine (C=N–C) groups is 1. The lowest BCUT2D eigenvalue weighted by molar-refractivity contribution is -0.127. The zero-order valence-electron chi connectivity index (χ0n) is 15.1.